The van der Waals surface area contributed by atoms with Crippen LogP contribution in [0, 0.1) is 5.41 Å². The number of hydrogen-bond acceptors (Lipinski definition) is 1. The van der Waals surface area contributed by atoms with E-state index in [0.29, 0.717) is 5.41 Å². The Kier molecular flexibility index (Phi) is 5.57. The second-order valence-corrected chi connectivity index (χ2v) is 3.41. The molecule has 1 nitrogen and oxygen atoms in total. The van der Waals surface area contributed by atoms with Crippen LogP contribution in [-0.4, -0.2) is 13.6 Å². The molecular formula is C10H23N. The summed E-state index contributed by atoms with van der Waals surface area (Å²) in [6.45, 7) is 8.09. The Bertz CT molecular complexity index is 76.6. The predicted molar refractivity (Wildman–Crippen MR) is 51.8 cm³/mol. The first kappa shape index (κ1) is 11.0. The summed E-state index contributed by atoms with van der Waals surface area (Å²) in [5, 5.41) is 3.23. The highest BCUT2D eigenvalue weighted by Gasteiger charge is 2.22. The van der Waals surface area contributed by atoms with Crippen LogP contribution in [0.5, 0.6) is 0 Å². The molecule has 1 heteroatoms. The SMILES string of the molecule is CCC(CC)(CC)CCNC. The molecule has 0 aliphatic rings. The summed E-state index contributed by atoms with van der Waals surface area (Å²) in [5.74, 6) is 0. The zero-order valence-electron chi connectivity index (χ0n) is 8.54. The third-order valence-electron chi connectivity index (χ3n) is 3.16. The minimum Gasteiger partial charge on any atom is -0.320 e. The zero-order valence-corrected chi connectivity index (χ0v) is 8.54. The van der Waals surface area contributed by atoms with Crippen molar-refractivity contribution < 1.29 is 0 Å². The molecule has 68 valence electrons. The van der Waals surface area contributed by atoms with E-state index < -0.39 is 0 Å². The zero-order chi connectivity index (χ0) is 8.74. The largest absolute Gasteiger partial charge is 0.320 e. The molecular weight excluding hydrogens is 134 g/mol. The van der Waals surface area contributed by atoms with E-state index in [4.69, 9.17) is 0 Å². The lowest BCUT2D eigenvalue weighted by atomic mass is 9.77. The highest BCUT2D eigenvalue weighted by molar-refractivity contribution is 4.75. The van der Waals surface area contributed by atoms with Gasteiger partial charge in [-0.05, 0) is 25.4 Å². The van der Waals surface area contributed by atoms with Crippen molar-refractivity contribution in [1.29, 1.82) is 0 Å². The molecule has 0 aromatic carbocycles. The lowest BCUT2D eigenvalue weighted by molar-refractivity contribution is 0.228. The third-order valence-corrected chi connectivity index (χ3v) is 3.16. The van der Waals surface area contributed by atoms with Gasteiger partial charge in [0.05, 0.1) is 0 Å². The smallest absolute Gasteiger partial charge is 0.00466 e. The fourth-order valence-corrected chi connectivity index (χ4v) is 1.67. The summed E-state index contributed by atoms with van der Waals surface area (Å²) in [7, 11) is 2.03. The fraction of sp³-hybridized carbons (Fsp3) is 1.00. The van der Waals surface area contributed by atoms with Gasteiger partial charge < -0.3 is 5.32 Å². The fourth-order valence-electron chi connectivity index (χ4n) is 1.67. The minimum atomic E-state index is 0.614. The monoisotopic (exact) mass is 157 g/mol. The van der Waals surface area contributed by atoms with E-state index in [1.165, 1.54) is 25.7 Å². The van der Waals surface area contributed by atoms with Crippen LogP contribution < -0.4 is 5.32 Å². The van der Waals surface area contributed by atoms with Gasteiger partial charge in [0.2, 0.25) is 0 Å². The highest BCUT2D eigenvalue weighted by atomic mass is 14.8. The van der Waals surface area contributed by atoms with Crippen molar-refractivity contribution in [2.24, 2.45) is 5.41 Å². The molecule has 1 N–H and O–H groups in total. The van der Waals surface area contributed by atoms with Crippen LogP contribution in [-0.2, 0) is 0 Å². The van der Waals surface area contributed by atoms with Gasteiger partial charge in [-0.15, -0.1) is 0 Å². The summed E-state index contributed by atoms with van der Waals surface area (Å²) in [6, 6.07) is 0. The molecule has 0 aliphatic carbocycles. The van der Waals surface area contributed by atoms with E-state index in [2.05, 4.69) is 26.1 Å². The standard InChI is InChI=1S/C10H23N/c1-5-10(6-2,7-3)8-9-11-4/h11H,5-9H2,1-4H3. The maximum absolute atomic E-state index is 3.23. The van der Waals surface area contributed by atoms with Gasteiger partial charge in [-0.2, -0.15) is 0 Å². The van der Waals surface area contributed by atoms with E-state index in [1.807, 2.05) is 7.05 Å². The topological polar surface area (TPSA) is 12.0 Å². The normalized spacial score (nSPS) is 12.0. The summed E-state index contributed by atoms with van der Waals surface area (Å²) < 4.78 is 0. The van der Waals surface area contributed by atoms with Crippen LogP contribution >= 0.6 is 0 Å². The third kappa shape index (κ3) is 3.24. The molecule has 0 amide bonds. The summed E-state index contributed by atoms with van der Waals surface area (Å²) in [6.07, 6.45) is 5.29. The number of rotatable bonds is 6. The molecule has 0 aromatic heterocycles. The van der Waals surface area contributed by atoms with Crippen LogP contribution in [0.25, 0.3) is 0 Å². The Morgan fingerprint density at radius 2 is 1.45 bits per heavy atom. The summed E-state index contributed by atoms with van der Waals surface area (Å²) in [4.78, 5) is 0. The molecule has 11 heavy (non-hydrogen) atoms. The first-order valence-corrected chi connectivity index (χ1v) is 4.89. The molecule has 0 saturated carbocycles. The maximum atomic E-state index is 3.23. The van der Waals surface area contributed by atoms with Crippen LogP contribution in [0.15, 0.2) is 0 Å². The van der Waals surface area contributed by atoms with Gasteiger partial charge in [-0.25, -0.2) is 0 Å². The van der Waals surface area contributed by atoms with E-state index in [-0.39, 0.29) is 0 Å². The lowest BCUT2D eigenvalue weighted by Crippen LogP contribution is -2.23. The summed E-state index contributed by atoms with van der Waals surface area (Å²) in [5.41, 5.74) is 0.614. The van der Waals surface area contributed by atoms with E-state index in [0.717, 1.165) is 6.54 Å². The molecule has 0 spiro atoms. The predicted octanol–water partition coefficient (Wildman–Crippen LogP) is 2.81. The molecule has 0 unspecified atom stereocenters. The Hall–Kier alpha value is -0.0400. The molecule has 0 aliphatic heterocycles. The highest BCUT2D eigenvalue weighted by Crippen LogP contribution is 2.33. The van der Waals surface area contributed by atoms with Crippen molar-refractivity contribution in [3.63, 3.8) is 0 Å². The molecule has 0 bridgehead atoms. The van der Waals surface area contributed by atoms with Crippen molar-refractivity contribution in [3.8, 4) is 0 Å². The van der Waals surface area contributed by atoms with Crippen molar-refractivity contribution in [2.45, 2.75) is 46.5 Å². The average Bonchev–Trinajstić information content (AvgIpc) is 2.08. The number of nitrogens with one attached hydrogen (secondary N) is 1. The molecule has 0 heterocycles. The van der Waals surface area contributed by atoms with Crippen molar-refractivity contribution in [1.82, 2.24) is 5.32 Å². The van der Waals surface area contributed by atoms with Gasteiger partial charge in [-0.3, -0.25) is 0 Å². The van der Waals surface area contributed by atoms with Crippen LogP contribution in [0.2, 0.25) is 0 Å². The quantitative estimate of drug-likeness (QED) is 0.625. The Morgan fingerprint density at radius 3 is 1.73 bits per heavy atom. The molecule has 0 atom stereocenters. The second kappa shape index (κ2) is 5.59. The second-order valence-electron chi connectivity index (χ2n) is 3.41. The number of hydrogen-bond donors (Lipinski definition) is 1. The van der Waals surface area contributed by atoms with Gasteiger partial charge in [0.25, 0.3) is 0 Å². The van der Waals surface area contributed by atoms with E-state index >= 15 is 0 Å². The lowest BCUT2D eigenvalue weighted by Gasteiger charge is -2.30. The van der Waals surface area contributed by atoms with Crippen LogP contribution in [0.1, 0.15) is 46.5 Å². The van der Waals surface area contributed by atoms with Crippen LogP contribution in [0.3, 0.4) is 0 Å². The van der Waals surface area contributed by atoms with Crippen molar-refractivity contribution in [3.05, 3.63) is 0 Å². The first-order valence-electron chi connectivity index (χ1n) is 4.89. The molecule has 0 aromatic rings. The van der Waals surface area contributed by atoms with E-state index in [9.17, 15) is 0 Å². The van der Waals surface area contributed by atoms with Crippen molar-refractivity contribution >= 4 is 0 Å². The maximum Gasteiger partial charge on any atom is -0.00466 e. The molecule has 0 radical (unpaired) electrons. The van der Waals surface area contributed by atoms with Crippen LogP contribution in [0.4, 0.5) is 0 Å². The molecule has 0 saturated heterocycles. The average molecular weight is 157 g/mol. The van der Waals surface area contributed by atoms with Gasteiger partial charge >= 0.3 is 0 Å². The Morgan fingerprint density at radius 1 is 1.00 bits per heavy atom. The first-order chi connectivity index (χ1) is 5.24. The summed E-state index contributed by atoms with van der Waals surface area (Å²) >= 11 is 0. The van der Waals surface area contributed by atoms with E-state index in [1.54, 1.807) is 0 Å². The van der Waals surface area contributed by atoms with Gasteiger partial charge in [0.1, 0.15) is 0 Å². The van der Waals surface area contributed by atoms with Gasteiger partial charge in [0, 0.05) is 0 Å². The Labute approximate surface area is 71.6 Å². The molecule has 0 rings (SSSR count). The van der Waals surface area contributed by atoms with Gasteiger partial charge in [-0.1, -0.05) is 40.0 Å². The Balaban J connectivity index is 3.84. The minimum absolute atomic E-state index is 0.614. The van der Waals surface area contributed by atoms with Gasteiger partial charge in [0.15, 0.2) is 0 Å². The molecule has 0 fully saturated rings. The van der Waals surface area contributed by atoms with Crippen molar-refractivity contribution in [2.75, 3.05) is 13.6 Å².